The molecule has 1 aromatic carbocycles. The summed E-state index contributed by atoms with van der Waals surface area (Å²) in [5, 5.41) is 28.2. The smallest absolute Gasteiger partial charge is 0.293 e. The van der Waals surface area contributed by atoms with Crippen molar-refractivity contribution >= 4 is 23.5 Å². The van der Waals surface area contributed by atoms with Crippen LogP contribution in [0.3, 0.4) is 0 Å². The quantitative estimate of drug-likeness (QED) is 0.459. The Morgan fingerprint density at radius 2 is 2.26 bits per heavy atom. The summed E-state index contributed by atoms with van der Waals surface area (Å²) in [6.45, 7) is 2.39. The number of nitrogens with zero attached hydrogens (tertiary/aromatic N) is 6. The maximum absolute atomic E-state index is 11.3. The number of aromatic amines is 1. The van der Waals surface area contributed by atoms with Crippen LogP contribution in [0.25, 0.3) is 0 Å². The molecule has 120 valence electrons. The zero-order valence-electron chi connectivity index (χ0n) is 12.0. The maximum Gasteiger partial charge on any atom is 0.293 e. The van der Waals surface area contributed by atoms with Crippen molar-refractivity contribution in [2.24, 2.45) is 5.10 Å². The highest BCUT2D eigenvalue weighted by atomic mass is 16.6. The lowest BCUT2D eigenvalue weighted by atomic mass is 10.1. The number of morpholine rings is 1. The van der Waals surface area contributed by atoms with E-state index in [0.29, 0.717) is 37.6 Å². The van der Waals surface area contributed by atoms with Gasteiger partial charge in [0, 0.05) is 24.7 Å². The Bertz CT molecular complexity index is 696. The summed E-state index contributed by atoms with van der Waals surface area (Å²) < 4.78 is 5.27. The molecule has 1 aliphatic rings. The Morgan fingerprint density at radius 1 is 1.43 bits per heavy atom. The van der Waals surface area contributed by atoms with Crippen LogP contribution in [0.1, 0.15) is 5.56 Å². The molecule has 1 aliphatic heterocycles. The topological polar surface area (TPSA) is 134 Å². The van der Waals surface area contributed by atoms with Crippen molar-refractivity contribution in [3.63, 3.8) is 0 Å². The number of rotatable bonds is 5. The molecule has 0 aliphatic carbocycles. The molecule has 0 radical (unpaired) electrons. The van der Waals surface area contributed by atoms with Gasteiger partial charge >= 0.3 is 0 Å². The Kier molecular flexibility index (Phi) is 4.38. The van der Waals surface area contributed by atoms with Gasteiger partial charge in [0.05, 0.1) is 24.4 Å². The third-order valence-electron chi connectivity index (χ3n) is 3.27. The van der Waals surface area contributed by atoms with Gasteiger partial charge in [-0.1, -0.05) is 11.2 Å². The van der Waals surface area contributed by atoms with Crippen molar-refractivity contribution < 1.29 is 9.66 Å². The number of benzene rings is 1. The molecular formula is C12H14N8O3. The van der Waals surface area contributed by atoms with Crippen molar-refractivity contribution in [2.75, 3.05) is 36.6 Å². The van der Waals surface area contributed by atoms with Gasteiger partial charge in [0.2, 0.25) is 0 Å². The molecule has 0 spiro atoms. The van der Waals surface area contributed by atoms with E-state index < -0.39 is 4.92 Å². The number of anilines is 2. The van der Waals surface area contributed by atoms with E-state index in [1.165, 1.54) is 12.3 Å². The van der Waals surface area contributed by atoms with Gasteiger partial charge < -0.3 is 9.64 Å². The number of nitro groups is 1. The van der Waals surface area contributed by atoms with Gasteiger partial charge in [0.25, 0.3) is 11.6 Å². The van der Waals surface area contributed by atoms with Crippen LogP contribution in [0.5, 0.6) is 0 Å². The van der Waals surface area contributed by atoms with E-state index in [1.807, 2.05) is 4.90 Å². The first-order chi connectivity index (χ1) is 11.2. The van der Waals surface area contributed by atoms with Crippen molar-refractivity contribution in [3.8, 4) is 0 Å². The third-order valence-corrected chi connectivity index (χ3v) is 3.27. The van der Waals surface area contributed by atoms with Crippen LogP contribution in [0.15, 0.2) is 23.3 Å². The molecule has 0 unspecified atom stereocenters. The number of ether oxygens (including phenoxy) is 1. The lowest BCUT2D eigenvalue weighted by molar-refractivity contribution is -0.384. The number of hydrogen-bond donors (Lipinski definition) is 2. The Hall–Kier alpha value is -3.08. The van der Waals surface area contributed by atoms with Gasteiger partial charge in [-0.05, 0) is 11.3 Å². The highest BCUT2D eigenvalue weighted by molar-refractivity contribution is 5.83. The van der Waals surface area contributed by atoms with E-state index in [4.69, 9.17) is 4.74 Å². The number of tetrazole rings is 1. The summed E-state index contributed by atoms with van der Waals surface area (Å²) >= 11 is 0. The minimum Gasteiger partial charge on any atom is -0.378 e. The largest absolute Gasteiger partial charge is 0.378 e. The zero-order chi connectivity index (χ0) is 16.1. The van der Waals surface area contributed by atoms with E-state index in [-0.39, 0.29) is 11.6 Å². The van der Waals surface area contributed by atoms with Gasteiger partial charge in [0.1, 0.15) is 5.69 Å². The molecule has 1 aromatic heterocycles. The molecule has 23 heavy (non-hydrogen) atoms. The number of hydrogen-bond acceptors (Lipinski definition) is 9. The molecule has 3 rings (SSSR count). The first kappa shape index (κ1) is 14.8. The second-order valence-electron chi connectivity index (χ2n) is 4.71. The number of nitrogens with one attached hydrogen (secondary N) is 2. The number of hydrazone groups is 1. The molecular weight excluding hydrogens is 304 g/mol. The summed E-state index contributed by atoms with van der Waals surface area (Å²) in [6, 6.07) is 4.96. The average Bonchev–Trinajstić information content (AvgIpc) is 3.09. The fraction of sp³-hybridized carbons (Fsp3) is 0.333. The standard InChI is InChI=1S/C12H14N8O3/c21-20(22)11-7-9(8-13-14-12-15-17-18-16-12)1-2-10(11)19-3-5-23-6-4-19/h1-2,7-8H,3-6H2,(H2,14,15,16,17,18)/b13-8-. The monoisotopic (exact) mass is 318 g/mol. The fourth-order valence-corrected chi connectivity index (χ4v) is 2.21. The fourth-order valence-electron chi connectivity index (χ4n) is 2.21. The maximum atomic E-state index is 11.3. The minimum atomic E-state index is -0.394. The summed E-state index contributed by atoms with van der Waals surface area (Å²) in [7, 11) is 0. The highest BCUT2D eigenvalue weighted by Gasteiger charge is 2.21. The molecule has 0 saturated carbocycles. The first-order valence-electron chi connectivity index (χ1n) is 6.88. The summed E-state index contributed by atoms with van der Waals surface area (Å²) in [6.07, 6.45) is 1.45. The predicted molar refractivity (Wildman–Crippen MR) is 81.5 cm³/mol. The number of aromatic nitrogens is 4. The van der Waals surface area contributed by atoms with Crippen LogP contribution in [0.2, 0.25) is 0 Å². The van der Waals surface area contributed by atoms with Crippen LogP contribution >= 0.6 is 0 Å². The van der Waals surface area contributed by atoms with Gasteiger partial charge in [-0.3, -0.25) is 10.1 Å². The van der Waals surface area contributed by atoms with Crippen LogP contribution in [-0.2, 0) is 4.74 Å². The molecule has 1 fully saturated rings. The predicted octanol–water partition coefficient (Wildman–Crippen LogP) is 0.390. The molecule has 2 N–H and O–H groups in total. The van der Waals surface area contributed by atoms with E-state index in [2.05, 4.69) is 31.2 Å². The Morgan fingerprint density at radius 3 is 2.96 bits per heavy atom. The summed E-state index contributed by atoms with van der Waals surface area (Å²) in [5.41, 5.74) is 3.77. The van der Waals surface area contributed by atoms with Gasteiger partial charge in [-0.25, -0.2) is 5.43 Å². The van der Waals surface area contributed by atoms with Crippen LogP contribution in [0, 0.1) is 10.1 Å². The van der Waals surface area contributed by atoms with Gasteiger partial charge in [0.15, 0.2) is 0 Å². The second-order valence-corrected chi connectivity index (χ2v) is 4.71. The van der Waals surface area contributed by atoms with Gasteiger partial charge in [-0.15, -0.1) is 5.10 Å². The molecule has 2 aromatic rings. The van der Waals surface area contributed by atoms with Crippen molar-refractivity contribution in [1.82, 2.24) is 20.6 Å². The Labute approximate surface area is 130 Å². The number of nitro benzene ring substituents is 1. The van der Waals surface area contributed by atoms with Crippen molar-refractivity contribution in [1.29, 1.82) is 0 Å². The molecule has 0 atom stereocenters. The average molecular weight is 318 g/mol. The van der Waals surface area contributed by atoms with Crippen LogP contribution in [-0.4, -0.2) is 58.1 Å². The molecule has 2 heterocycles. The Balaban J connectivity index is 1.78. The lowest BCUT2D eigenvalue weighted by Gasteiger charge is -2.28. The first-order valence-corrected chi connectivity index (χ1v) is 6.88. The van der Waals surface area contributed by atoms with Crippen LogP contribution in [0.4, 0.5) is 17.3 Å². The SMILES string of the molecule is O=[N+]([O-])c1cc(/C=N\Nc2nn[nH]n2)ccc1N1CCOCC1. The van der Waals surface area contributed by atoms with Crippen molar-refractivity contribution in [2.45, 2.75) is 0 Å². The lowest BCUT2D eigenvalue weighted by Crippen LogP contribution is -2.36. The summed E-state index contributed by atoms with van der Waals surface area (Å²) in [4.78, 5) is 12.9. The van der Waals surface area contributed by atoms with E-state index in [9.17, 15) is 10.1 Å². The normalized spacial score (nSPS) is 15.0. The molecule has 0 amide bonds. The minimum absolute atomic E-state index is 0.0374. The van der Waals surface area contributed by atoms with Crippen molar-refractivity contribution in [3.05, 3.63) is 33.9 Å². The van der Waals surface area contributed by atoms with Gasteiger partial charge in [-0.2, -0.15) is 10.3 Å². The van der Waals surface area contributed by atoms with Crippen LogP contribution < -0.4 is 10.3 Å². The van der Waals surface area contributed by atoms with E-state index >= 15 is 0 Å². The third kappa shape index (κ3) is 3.58. The van der Waals surface area contributed by atoms with E-state index in [1.54, 1.807) is 12.1 Å². The molecule has 11 nitrogen and oxygen atoms in total. The van der Waals surface area contributed by atoms with E-state index in [0.717, 1.165) is 0 Å². The number of H-pyrrole nitrogens is 1. The molecule has 1 saturated heterocycles. The molecule has 0 bridgehead atoms. The zero-order valence-corrected chi connectivity index (χ0v) is 12.0. The second kappa shape index (κ2) is 6.79. The molecule has 11 heteroatoms. The highest BCUT2D eigenvalue weighted by Crippen LogP contribution is 2.29. The summed E-state index contributed by atoms with van der Waals surface area (Å²) in [5.74, 6) is 0.209.